The molecule has 8 heteroatoms. The summed E-state index contributed by atoms with van der Waals surface area (Å²) in [5.74, 6) is 0.0687. The zero-order valence-corrected chi connectivity index (χ0v) is 15.7. The summed E-state index contributed by atoms with van der Waals surface area (Å²) in [5.41, 5.74) is 1.80. The van der Waals surface area contributed by atoms with E-state index in [0.29, 0.717) is 31.1 Å². The van der Waals surface area contributed by atoms with E-state index in [9.17, 15) is 14.7 Å². The van der Waals surface area contributed by atoms with E-state index in [4.69, 9.17) is 4.74 Å². The smallest absolute Gasteiger partial charge is 0.255 e. The van der Waals surface area contributed by atoms with Gasteiger partial charge in [-0.3, -0.25) is 14.3 Å². The van der Waals surface area contributed by atoms with Crippen LogP contribution in [-0.4, -0.2) is 45.3 Å². The molecule has 0 unspecified atom stereocenters. The Morgan fingerprint density at radius 3 is 2.78 bits per heavy atom. The maximum Gasteiger partial charge on any atom is 0.255 e. The molecule has 2 amide bonds. The molecule has 0 fully saturated rings. The van der Waals surface area contributed by atoms with Crippen molar-refractivity contribution in [3.05, 3.63) is 41.2 Å². The second-order valence-electron chi connectivity index (χ2n) is 6.83. The molecule has 2 N–H and O–H groups in total. The number of aromatic nitrogens is 2. The molecule has 0 saturated heterocycles. The number of hydrogen-bond donors (Lipinski definition) is 2. The summed E-state index contributed by atoms with van der Waals surface area (Å²) in [7, 11) is 1.50. The van der Waals surface area contributed by atoms with E-state index in [1.54, 1.807) is 6.07 Å². The minimum atomic E-state index is -0.408. The molecule has 1 aliphatic rings. The summed E-state index contributed by atoms with van der Waals surface area (Å²) < 4.78 is 6.95. The second-order valence-corrected chi connectivity index (χ2v) is 6.83. The molecule has 3 rings (SSSR count). The van der Waals surface area contributed by atoms with Crippen LogP contribution in [0.15, 0.2) is 24.3 Å². The van der Waals surface area contributed by atoms with Crippen LogP contribution in [0.5, 0.6) is 11.5 Å². The number of benzene rings is 1. The van der Waals surface area contributed by atoms with E-state index in [1.165, 1.54) is 19.2 Å². The number of phenolic OH excluding ortho intramolecular Hbond substituents is 1. The number of carbonyl (C=O) groups is 2. The summed E-state index contributed by atoms with van der Waals surface area (Å²) >= 11 is 0. The molecule has 8 nitrogen and oxygen atoms in total. The van der Waals surface area contributed by atoms with Crippen LogP contribution >= 0.6 is 0 Å². The average Bonchev–Trinajstić information content (AvgIpc) is 3.07. The molecule has 0 spiro atoms. The number of fused-ring (bicyclic) bond motifs is 1. The lowest BCUT2D eigenvalue weighted by Gasteiger charge is -2.29. The topological polar surface area (TPSA) is 96.7 Å². The van der Waals surface area contributed by atoms with Crippen molar-refractivity contribution < 1.29 is 19.4 Å². The third-order valence-electron chi connectivity index (χ3n) is 4.53. The Morgan fingerprint density at radius 1 is 1.30 bits per heavy atom. The first-order chi connectivity index (χ1) is 12.9. The van der Waals surface area contributed by atoms with Gasteiger partial charge in [0.25, 0.3) is 5.91 Å². The van der Waals surface area contributed by atoms with Crippen LogP contribution in [0, 0.1) is 5.92 Å². The fraction of sp³-hybridized carbons (Fsp3) is 0.421. The highest BCUT2D eigenvalue weighted by atomic mass is 16.5. The molecule has 0 radical (unpaired) electrons. The second kappa shape index (κ2) is 7.69. The zero-order valence-electron chi connectivity index (χ0n) is 15.7. The van der Waals surface area contributed by atoms with E-state index in [-0.39, 0.29) is 29.7 Å². The van der Waals surface area contributed by atoms with Crippen LogP contribution in [0.2, 0.25) is 0 Å². The quantitative estimate of drug-likeness (QED) is 0.830. The highest BCUT2D eigenvalue weighted by Gasteiger charge is 2.24. The number of ether oxygens (including phenoxy) is 1. The van der Waals surface area contributed by atoms with Crippen LogP contribution < -0.4 is 10.1 Å². The van der Waals surface area contributed by atoms with Gasteiger partial charge in [0, 0.05) is 12.5 Å². The van der Waals surface area contributed by atoms with Crippen molar-refractivity contribution in [2.24, 2.45) is 5.92 Å². The van der Waals surface area contributed by atoms with Gasteiger partial charge in [-0.2, -0.15) is 5.10 Å². The largest absolute Gasteiger partial charge is 0.507 e. The van der Waals surface area contributed by atoms with Gasteiger partial charge in [-0.25, -0.2) is 0 Å². The van der Waals surface area contributed by atoms with Crippen molar-refractivity contribution in [1.29, 1.82) is 0 Å². The van der Waals surface area contributed by atoms with Gasteiger partial charge in [0.2, 0.25) is 5.91 Å². The maximum atomic E-state index is 12.4. The Labute approximate surface area is 157 Å². The van der Waals surface area contributed by atoms with Crippen LogP contribution in [0.25, 0.3) is 0 Å². The van der Waals surface area contributed by atoms with Crippen molar-refractivity contribution in [3.63, 3.8) is 0 Å². The summed E-state index contributed by atoms with van der Waals surface area (Å²) in [4.78, 5) is 26.4. The molecule has 1 aromatic heterocycles. The average molecular weight is 372 g/mol. The van der Waals surface area contributed by atoms with Gasteiger partial charge < -0.3 is 20.1 Å². The monoisotopic (exact) mass is 372 g/mol. The van der Waals surface area contributed by atoms with Gasteiger partial charge in [0.1, 0.15) is 11.5 Å². The predicted molar refractivity (Wildman–Crippen MR) is 98.3 cm³/mol. The molecule has 1 aromatic carbocycles. The maximum absolute atomic E-state index is 12.4. The number of rotatable bonds is 5. The number of carbonyl (C=O) groups excluding carboxylic acids is 2. The van der Waals surface area contributed by atoms with Gasteiger partial charge in [-0.05, 0) is 24.3 Å². The van der Waals surface area contributed by atoms with Gasteiger partial charge in [-0.1, -0.05) is 13.8 Å². The van der Waals surface area contributed by atoms with Crippen LogP contribution in [-0.2, 0) is 24.4 Å². The Kier molecular flexibility index (Phi) is 5.34. The Hall–Kier alpha value is -3.03. The van der Waals surface area contributed by atoms with Crippen molar-refractivity contribution in [2.45, 2.75) is 33.5 Å². The van der Waals surface area contributed by atoms with E-state index in [2.05, 4.69) is 10.4 Å². The lowest BCUT2D eigenvalue weighted by Crippen LogP contribution is -2.40. The first kappa shape index (κ1) is 18.8. The van der Waals surface area contributed by atoms with E-state index in [1.807, 2.05) is 29.5 Å². The predicted octanol–water partition coefficient (Wildman–Crippen LogP) is 1.53. The molecular weight excluding hydrogens is 348 g/mol. The van der Waals surface area contributed by atoms with E-state index >= 15 is 0 Å². The first-order valence-electron chi connectivity index (χ1n) is 8.88. The Balaban J connectivity index is 1.65. The number of nitrogens with one attached hydrogen (secondary N) is 1. The van der Waals surface area contributed by atoms with Gasteiger partial charge in [0.15, 0.2) is 0 Å². The van der Waals surface area contributed by atoms with Crippen molar-refractivity contribution >= 4 is 11.8 Å². The number of nitrogens with zero attached hydrogens (tertiary/aromatic N) is 3. The highest BCUT2D eigenvalue weighted by molar-refractivity contribution is 5.97. The lowest BCUT2D eigenvalue weighted by atomic mass is 10.1. The molecule has 27 heavy (non-hydrogen) atoms. The Morgan fingerprint density at radius 2 is 2.07 bits per heavy atom. The number of phenols is 1. The first-order valence-corrected chi connectivity index (χ1v) is 8.88. The Bertz CT molecular complexity index is 859. The van der Waals surface area contributed by atoms with Gasteiger partial charge in [-0.15, -0.1) is 0 Å². The SMILES string of the molecule is COc1ccc(O)c(C(=O)NCc2cc3n(n2)CCN(C(=O)C(C)C)C3)c1. The van der Waals surface area contributed by atoms with Crippen LogP contribution in [0.3, 0.4) is 0 Å². The zero-order chi connectivity index (χ0) is 19.6. The molecule has 0 aliphatic carbocycles. The highest BCUT2D eigenvalue weighted by Crippen LogP contribution is 2.23. The third kappa shape index (κ3) is 4.05. The standard InChI is InChI=1S/C19H24N4O4/c1-12(2)19(26)22-6-7-23-14(11-22)8-13(21-23)10-20-18(25)16-9-15(27-3)4-5-17(16)24/h4-5,8-9,12,24H,6-7,10-11H2,1-3H3,(H,20,25). The normalized spacial score (nSPS) is 13.4. The van der Waals surface area contributed by atoms with Crippen molar-refractivity contribution in [3.8, 4) is 11.5 Å². The molecule has 144 valence electrons. The van der Waals surface area contributed by atoms with Gasteiger partial charge >= 0.3 is 0 Å². The molecular formula is C19H24N4O4. The third-order valence-corrected chi connectivity index (χ3v) is 4.53. The summed E-state index contributed by atoms with van der Waals surface area (Å²) in [6, 6.07) is 6.38. The van der Waals surface area contributed by atoms with Crippen LogP contribution in [0.4, 0.5) is 0 Å². The molecule has 2 heterocycles. The molecule has 0 saturated carbocycles. The molecule has 2 aromatic rings. The minimum absolute atomic E-state index is 0.0335. The summed E-state index contributed by atoms with van der Waals surface area (Å²) in [6.45, 7) is 5.81. The van der Waals surface area contributed by atoms with E-state index < -0.39 is 5.91 Å². The van der Waals surface area contributed by atoms with E-state index in [0.717, 1.165) is 5.69 Å². The number of methoxy groups -OCH3 is 1. The fourth-order valence-electron chi connectivity index (χ4n) is 3.06. The molecule has 0 atom stereocenters. The van der Waals surface area contributed by atoms with Gasteiger partial charge in [0.05, 0.1) is 43.7 Å². The van der Waals surface area contributed by atoms with Crippen molar-refractivity contribution in [2.75, 3.05) is 13.7 Å². The lowest BCUT2D eigenvalue weighted by molar-refractivity contribution is -0.136. The number of hydrogen-bond acceptors (Lipinski definition) is 5. The number of amides is 2. The number of aromatic hydroxyl groups is 1. The van der Waals surface area contributed by atoms with Crippen LogP contribution in [0.1, 0.15) is 35.6 Å². The summed E-state index contributed by atoms with van der Waals surface area (Å²) in [5, 5.41) is 17.1. The summed E-state index contributed by atoms with van der Waals surface area (Å²) in [6.07, 6.45) is 0. The minimum Gasteiger partial charge on any atom is -0.507 e. The molecule has 1 aliphatic heterocycles. The molecule has 0 bridgehead atoms. The van der Waals surface area contributed by atoms with Crippen molar-refractivity contribution in [1.82, 2.24) is 20.0 Å². The fourth-order valence-corrected chi connectivity index (χ4v) is 3.06.